The molecule has 2 saturated carbocycles. The third-order valence-corrected chi connectivity index (χ3v) is 9.85. The average Bonchev–Trinajstić information content (AvgIpc) is 3.94. The number of ether oxygens (including phenoxy) is 3. The maximum absolute atomic E-state index is 14.4. The molecule has 15 nitrogen and oxygen atoms in total. The van der Waals surface area contributed by atoms with Crippen LogP contribution in [0.1, 0.15) is 67.2 Å². The van der Waals surface area contributed by atoms with Gasteiger partial charge < -0.3 is 29.7 Å². The van der Waals surface area contributed by atoms with Gasteiger partial charge in [0.05, 0.1) is 19.8 Å². The first-order chi connectivity index (χ1) is 23.7. The Balaban J connectivity index is 1.43. The van der Waals surface area contributed by atoms with E-state index in [1.165, 1.54) is 11.0 Å². The third-order valence-electron chi connectivity index (χ3n) is 8.89. The number of fused-ring (bicyclic) bond motifs is 1. The Bertz CT molecular complexity index is 1820. The summed E-state index contributed by atoms with van der Waals surface area (Å²) < 4.78 is 49.1. The van der Waals surface area contributed by atoms with Gasteiger partial charge in [-0.05, 0) is 75.1 Å². The summed E-state index contributed by atoms with van der Waals surface area (Å²) in [6.45, 7) is 14.1. The molecule has 2 aromatic rings. The quantitative estimate of drug-likeness (QED) is 0.272. The minimum Gasteiger partial charge on any atom is -0.497 e. The molecule has 278 valence electrons. The number of nitrogens with one attached hydrogen (secondary N) is 3. The molecule has 4 amide bonds. The van der Waals surface area contributed by atoms with Crippen LogP contribution in [0.5, 0.6) is 11.6 Å². The topological polar surface area (TPSA) is 192 Å². The zero-order chi connectivity index (χ0) is 37.5. The molecule has 5 rings (SSSR count). The van der Waals surface area contributed by atoms with E-state index in [9.17, 15) is 27.6 Å². The Morgan fingerprint density at radius 3 is 2.37 bits per heavy atom. The second-order valence-electron chi connectivity index (χ2n) is 15.3. The van der Waals surface area contributed by atoms with Crippen molar-refractivity contribution in [3.63, 3.8) is 0 Å². The summed E-state index contributed by atoms with van der Waals surface area (Å²) in [5.74, 6) is -1.93. The number of benzene rings is 1. The van der Waals surface area contributed by atoms with Gasteiger partial charge in [-0.1, -0.05) is 26.8 Å². The number of rotatable bonds is 12. The lowest BCUT2D eigenvalue weighted by Crippen LogP contribution is -2.60. The van der Waals surface area contributed by atoms with Crippen LogP contribution in [0, 0.1) is 11.3 Å². The summed E-state index contributed by atoms with van der Waals surface area (Å²) in [5.41, 5.74) is -3.30. The molecule has 2 heterocycles. The Morgan fingerprint density at radius 2 is 1.78 bits per heavy atom. The van der Waals surface area contributed by atoms with Crippen molar-refractivity contribution in [3.8, 4) is 11.6 Å². The van der Waals surface area contributed by atoms with E-state index in [1.54, 1.807) is 73.0 Å². The van der Waals surface area contributed by atoms with E-state index in [0.29, 0.717) is 24.0 Å². The van der Waals surface area contributed by atoms with Crippen molar-refractivity contribution in [3.05, 3.63) is 43.1 Å². The van der Waals surface area contributed by atoms with Crippen LogP contribution in [-0.4, -0.2) is 91.2 Å². The molecule has 0 radical (unpaired) electrons. The van der Waals surface area contributed by atoms with Crippen molar-refractivity contribution < 1.29 is 46.0 Å². The number of aromatic nitrogens is 1. The molecule has 3 aliphatic rings. The zero-order valence-corrected chi connectivity index (χ0v) is 30.8. The second-order valence-corrected chi connectivity index (χ2v) is 16.6. The first kappa shape index (κ1) is 37.8. The fraction of sp³-hybridized carbons (Fsp3) is 0.571. The Hall–Kier alpha value is -4.44. The third kappa shape index (κ3) is 8.90. The number of hydrogen-bond acceptors (Lipinski definition) is 11. The van der Waals surface area contributed by atoms with Gasteiger partial charge in [0.15, 0.2) is 0 Å². The van der Waals surface area contributed by atoms with Crippen molar-refractivity contribution in [1.82, 2.24) is 25.2 Å². The van der Waals surface area contributed by atoms with Crippen LogP contribution >= 0.6 is 0 Å². The number of carbonyl (C=O) groups excluding carboxylic acids is 4. The number of amides is 4. The van der Waals surface area contributed by atoms with Crippen LogP contribution in [0.4, 0.5) is 4.79 Å². The smallest absolute Gasteiger partial charge is 0.408 e. The van der Waals surface area contributed by atoms with Gasteiger partial charge in [-0.3, -0.25) is 18.6 Å². The molecule has 0 unspecified atom stereocenters. The van der Waals surface area contributed by atoms with E-state index in [0.717, 1.165) is 5.39 Å². The Morgan fingerprint density at radius 1 is 1.08 bits per heavy atom. The average molecular weight is 730 g/mol. The van der Waals surface area contributed by atoms with E-state index in [4.69, 9.17) is 18.4 Å². The fourth-order valence-corrected chi connectivity index (χ4v) is 7.04. The van der Waals surface area contributed by atoms with Crippen molar-refractivity contribution >= 4 is 44.9 Å². The molecule has 1 aromatic carbocycles. The number of methoxy groups -OCH3 is 1. The van der Waals surface area contributed by atoms with Crippen LogP contribution in [0.2, 0.25) is 0 Å². The van der Waals surface area contributed by atoms with Gasteiger partial charge in [0.2, 0.25) is 17.7 Å². The number of carbonyl (C=O) groups is 4. The highest BCUT2D eigenvalue weighted by Crippen LogP contribution is 2.45. The normalized spacial score (nSPS) is 23.9. The van der Waals surface area contributed by atoms with Crippen LogP contribution in [0.3, 0.4) is 0 Å². The van der Waals surface area contributed by atoms with E-state index in [-0.39, 0.29) is 25.3 Å². The fourth-order valence-electron chi connectivity index (χ4n) is 6.03. The molecule has 51 heavy (non-hydrogen) atoms. The zero-order valence-electron chi connectivity index (χ0n) is 30.0. The molecule has 0 bridgehead atoms. The minimum absolute atomic E-state index is 0.00532. The molecule has 1 aliphatic heterocycles. The van der Waals surface area contributed by atoms with Crippen LogP contribution in [0.15, 0.2) is 43.1 Å². The number of alkyl carbamates (subject to hydrolysis) is 1. The minimum atomic E-state index is -4.43. The van der Waals surface area contributed by atoms with Crippen molar-refractivity contribution in [2.75, 3.05) is 13.7 Å². The number of hydrogen-bond donors (Lipinski definition) is 3. The predicted molar refractivity (Wildman–Crippen MR) is 186 cm³/mol. The van der Waals surface area contributed by atoms with E-state index < -0.39 is 80.9 Å². The SMILES string of the molecule is C=C[C@@H]1C[C@]1(NC(=O)[C@@H]1C[C@@H](Oc2nccc3cc(OC)ccc23)CN1C(=O)[C@@H](NC(=O)OC(C)(C)C)C(C)(C)C)C(=O)NS(=O)(=O)OC1CC1. The van der Waals surface area contributed by atoms with Gasteiger partial charge >= 0.3 is 16.4 Å². The van der Waals surface area contributed by atoms with Crippen LogP contribution in [-0.2, 0) is 33.6 Å². The number of nitrogens with zero attached hydrogens (tertiary/aromatic N) is 2. The summed E-state index contributed by atoms with van der Waals surface area (Å²) >= 11 is 0. The van der Waals surface area contributed by atoms with Crippen molar-refractivity contribution in [2.24, 2.45) is 11.3 Å². The number of likely N-dealkylation sites (tertiary alicyclic amines) is 1. The molecule has 5 atom stereocenters. The first-order valence-electron chi connectivity index (χ1n) is 16.8. The lowest BCUT2D eigenvalue weighted by Gasteiger charge is -2.36. The first-order valence-corrected chi connectivity index (χ1v) is 18.3. The summed E-state index contributed by atoms with van der Waals surface area (Å²) in [7, 11) is -2.87. The summed E-state index contributed by atoms with van der Waals surface area (Å²) in [6.07, 6.45) is 2.19. The summed E-state index contributed by atoms with van der Waals surface area (Å²) in [6, 6.07) is 4.87. The van der Waals surface area contributed by atoms with Gasteiger partial charge in [-0.15, -0.1) is 6.58 Å². The van der Waals surface area contributed by atoms with Crippen molar-refractivity contribution in [2.45, 2.75) is 103 Å². The molecular weight excluding hydrogens is 682 g/mol. The highest BCUT2D eigenvalue weighted by Gasteiger charge is 2.62. The van der Waals surface area contributed by atoms with Crippen LogP contribution in [0.25, 0.3) is 10.8 Å². The second kappa shape index (κ2) is 13.9. The van der Waals surface area contributed by atoms with Gasteiger partial charge in [-0.25, -0.2) is 14.5 Å². The molecule has 1 saturated heterocycles. The van der Waals surface area contributed by atoms with Gasteiger partial charge in [0, 0.05) is 23.9 Å². The standard InChI is InChI=1S/C35H47N5O10S/c1-9-21-18-35(21,31(43)39-51(45,46)50-22-10-11-22)38-28(41)26-17-24(48-29-25-13-12-23(47-8)16-20(25)14-15-36-29)19-40(26)30(42)27(33(2,3)4)37-32(44)49-34(5,6)7/h9,12-16,21-22,24,26-27H,1,10-11,17-19H2,2-8H3,(H,37,44)(H,38,41)(H,39,43)/t21-,24-,26+,27-,35-/m1/s1. The van der Waals surface area contributed by atoms with Crippen molar-refractivity contribution in [1.29, 1.82) is 0 Å². The maximum Gasteiger partial charge on any atom is 0.408 e. The van der Waals surface area contributed by atoms with E-state index in [2.05, 4.69) is 22.2 Å². The van der Waals surface area contributed by atoms with E-state index >= 15 is 0 Å². The van der Waals surface area contributed by atoms with Gasteiger partial charge in [-0.2, -0.15) is 8.42 Å². The predicted octanol–water partition coefficient (Wildman–Crippen LogP) is 3.13. The molecule has 3 N–H and O–H groups in total. The maximum atomic E-state index is 14.4. The molecular formula is C35H47N5O10S. The van der Waals surface area contributed by atoms with Crippen LogP contribution < -0.4 is 24.8 Å². The number of pyridine rings is 1. The molecule has 1 aromatic heterocycles. The lowest BCUT2D eigenvalue weighted by molar-refractivity contribution is -0.143. The molecule has 3 fully saturated rings. The van der Waals surface area contributed by atoms with Gasteiger partial charge in [0.25, 0.3) is 5.91 Å². The molecule has 16 heteroatoms. The van der Waals surface area contributed by atoms with E-state index in [1.807, 2.05) is 10.8 Å². The highest BCUT2D eigenvalue weighted by molar-refractivity contribution is 7.85. The largest absolute Gasteiger partial charge is 0.497 e. The summed E-state index contributed by atoms with van der Waals surface area (Å²) in [4.78, 5) is 60.7. The molecule has 2 aliphatic carbocycles. The molecule has 0 spiro atoms. The highest BCUT2D eigenvalue weighted by atomic mass is 32.2. The lowest BCUT2D eigenvalue weighted by atomic mass is 9.85. The Kier molecular flexibility index (Phi) is 10.3. The Labute approximate surface area is 298 Å². The monoisotopic (exact) mass is 729 g/mol. The summed E-state index contributed by atoms with van der Waals surface area (Å²) in [5, 5.41) is 6.89. The van der Waals surface area contributed by atoms with Gasteiger partial charge in [0.1, 0.15) is 35.1 Å².